The van der Waals surface area contributed by atoms with E-state index in [9.17, 15) is 9.18 Å². The van der Waals surface area contributed by atoms with E-state index < -0.39 is 5.97 Å². The molecule has 0 spiro atoms. The van der Waals surface area contributed by atoms with Crippen molar-refractivity contribution in [2.24, 2.45) is 0 Å². The first-order valence-corrected chi connectivity index (χ1v) is 10.0. The molecule has 0 aliphatic rings. The van der Waals surface area contributed by atoms with E-state index in [4.69, 9.17) is 18.9 Å². The SMILES string of the molecule is C=C(C)C(=O)O/C=C\Oc1ccc(-c2ccc(-c3ccc(O/C=C\OC)cc3)c(F)c2)cc1. The molecule has 0 N–H and O–H groups in total. The van der Waals surface area contributed by atoms with Gasteiger partial charge in [-0.2, -0.15) is 0 Å². The Morgan fingerprint density at radius 3 is 1.88 bits per heavy atom. The lowest BCUT2D eigenvalue weighted by Gasteiger charge is -2.09. The van der Waals surface area contributed by atoms with Crippen LogP contribution in [0.15, 0.2) is 104 Å². The van der Waals surface area contributed by atoms with Crippen molar-refractivity contribution in [1.82, 2.24) is 0 Å². The molecular formula is C27H23FO5. The molecular weight excluding hydrogens is 423 g/mol. The maximum atomic E-state index is 14.8. The van der Waals surface area contributed by atoms with Crippen LogP contribution in [0.4, 0.5) is 4.39 Å². The van der Waals surface area contributed by atoms with E-state index in [1.165, 1.54) is 32.0 Å². The fraction of sp³-hybridized carbons (Fsp3) is 0.0741. The molecule has 33 heavy (non-hydrogen) atoms. The Kier molecular flexibility index (Phi) is 8.02. The molecule has 0 aliphatic carbocycles. The van der Waals surface area contributed by atoms with Gasteiger partial charge in [0.05, 0.1) is 7.11 Å². The fourth-order valence-electron chi connectivity index (χ4n) is 2.83. The number of benzene rings is 3. The number of ether oxygens (including phenoxy) is 4. The van der Waals surface area contributed by atoms with Crippen LogP contribution in [0.1, 0.15) is 6.92 Å². The average Bonchev–Trinajstić information content (AvgIpc) is 2.82. The van der Waals surface area contributed by atoms with E-state index in [1.54, 1.807) is 49.4 Å². The summed E-state index contributed by atoms with van der Waals surface area (Å²) in [6, 6.07) is 19.3. The second-order valence-corrected chi connectivity index (χ2v) is 6.94. The van der Waals surface area contributed by atoms with Crippen molar-refractivity contribution in [3.05, 3.63) is 110 Å². The second kappa shape index (κ2) is 11.3. The summed E-state index contributed by atoms with van der Waals surface area (Å²) in [6.07, 6.45) is 5.25. The molecule has 0 unspecified atom stereocenters. The summed E-state index contributed by atoms with van der Waals surface area (Å²) in [5.41, 5.74) is 3.10. The third-order valence-electron chi connectivity index (χ3n) is 4.50. The first-order valence-electron chi connectivity index (χ1n) is 10.0. The zero-order chi connectivity index (χ0) is 23.6. The van der Waals surface area contributed by atoms with Crippen LogP contribution >= 0.6 is 0 Å². The molecule has 6 heteroatoms. The van der Waals surface area contributed by atoms with Crippen molar-refractivity contribution >= 4 is 5.97 Å². The van der Waals surface area contributed by atoms with E-state index in [1.807, 2.05) is 18.2 Å². The molecule has 0 saturated carbocycles. The standard InChI is InChI=1S/C27H23FO5/c1-19(2)27(29)33-17-16-32-23-9-4-20(5-10-23)22-8-13-25(26(28)18-22)21-6-11-24(12-7-21)31-15-14-30-3/h4-18H,1H2,2-3H3/b15-14-,17-16-. The van der Waals surface area contributed by atoms with Crippen LogP contribution in [0.5, 0.6) is 11.5 Å². The Labute approximate surface area is 192 Å². The number of hydrogen-bond acceptors (Lipinski definition) is 5. The lowest BCUT2D eigenvalue weighted by atomic mass is 9.99. The summed E-state index contributed by atoms with van der Waals surface area (Å²) in [5, 5.41) is 0. The number of carbonyl (C=O) groups is 1. The predicted octanol–water partition coefficient (Wildman–Crippen LogP) is 6.63. The summed E-state index contributed by atoms with van der Waals surface area (Å²) in [4.78, 5) is 11.3. The molecule has 5 nitrogen and oxygen atoms in total. The highest BCUT2D eigenvalue weighted by Gasteiger charge is 2.08. The number of halogens is 1. The van der Waals surface area contributed by atoms with Gasteiger partial charge in [-0.05, 0) is 53.9 Å². The van der Waals surface area contributed by atoms with Gasteiger partial charge in [-0.3, -0.25) is 0 Å². The van der Waals surface area contributed by atoms with Crippen molar-refractivity contribution in [1.29, 1.82) is 0 Å². The number of carbonyl (C=O) groups excluding carboxylic acids is 1. The molecule has 168 valence electrons. The van der Waals surface area contributed by atoms with Crippen molar-refractivity contribution in [3.63, 3.8) is 0 Å². The van der Waals surface area contributed by atoms with Crippen LogP contribution in [-0.2, 0) is 14.3 Å². The molecule has 3 rings (SSSR count). The first kappa shape index (κ1) is 23.3. The van der Waals surface area contributed by atoms with E-state index in [0.29, 0.717) is 22.6 Å². The van der Waals surface area contributed by atoms with Crippen LogP contribution in [0, 0.1) is 5.82 Å². The lowest BCUT2D eigenvalue weighted by molar-refractivity contribution is -0.133. The van der Waals surface area contributed by atoms with Crippen LogP contribution in [0.2, 0.25) is 0 Å². The second-order valence-electron chi connectivity index (χ2n) is 6.94. The van der Waals surface area contributed by atoms with Gasteiger partial charge in [0.15, 0.2) is 0 Å². The minimum atomic E-state index is -0.529. The average molecular weight is 446 g/mol. The van der Waals surface area contributed by atoms with E-state index in [0.717, 1.165) is 23.0 Å². The third-order valence-corrected chi connectivity index (χ3v) is 4.50. The van der Waals surface area contributed by atoms with Gasteiger partial charge in [0, 0.05) is 11.1 Å². The zero-order valence-electron chi connectivity index (χ0n) is 18.3. The summed E-state index contributed by atoms with van der Waals surface area (Å²) >= 11 is 0. The normalized spacial score (nSPS) is 10.9. The quantitative estimate of drug-likeness (QED) is 0.210. The summed E-state index contributed by atoms with van der Waals surface area (Å²) in [6.45, 7) is 5.04. The summed E-state index contributed by atoms with van der Waals surface area (Å²) in [5.74, 6) is 0.304. The molecule has 0 heterocycles. The number of esters is 1. The highest BCUT2D eigenvalue weighted by atomic mass is 19.1. The lowest BCUT2D eigenvalue weighted by Crippen LogP contribution is -1.99. The van der Waals surface area contributed by atoms with E-state index in [-0.39, 0.29) is 5.82 Å². The number of hydrogen-bond donors (Lipinski definition) is 0. The third kappa shape index (κ3) is 6.58. The van der Waals surface area contributed by atoms with E-state index >= 15 is 0 Å². The van der Waals surface area contributed by atoms with Gasteiger partial charge in [-0.1, -0.05) is 43.0 Å². The van der Waals surface area contributed by atoms with Crippen molar-refractivity contribution in [2.45, 2.75) is 6.92 Å². The molecule has 0 saturated heterocycles. The van der Waals surface area contributed by atoms with Crippen LogP contribution in [0.25, 0.3) is 22.3 Å². The predicted molar refractivity (Wildman–Crippen MR) is 125 cm³/mol. The Bertz CT molecular complexity index is 1160. The number of methoxy groups -OCH3 is 1. The maximum Gasteiger partial charge on any atom is 0.338 e. The van der Waals surface area contributed by atoms with Gasteiger partial charge in [-0.25, -0.2) is 9.18 Å². The van der Waals surface area contributed by atoms with Crippen molar-refractivity contribution in [2.75, 3.05) is 7.11 Å². The molecule has 0 aliphatic heterocycles. The largest absolute Gasteiger partial charge is 0.501 e. The molecule has 0 fully saturated rings. The van der Waals surface area contributed by atoms with Crippen LogP contribution in [0.3, 0.4) is 0 Å². The first-order chi connectivity index (χ1) is 16.0. The van der Waals surface area contributed by atoms with Gasteiger partial charge in [0.2, 0.25) is 0 Å². The number of rotatable bonds is 9. The monoisotopic (exact) mass is 446 g/mol. The van der Waals surface area contributed by atoms with E-state index in [2.05, 4.69) is 6.58 Å². The molecule has 0 aromatic heterocycles. The topological polar surface area (TPSA) is 54.0 Å². The molecule has 0 bridgehead atoms. The highest BCUT2D eigenvalue weighted by molar-refractivity contribution is 5.87. The summed E-state index contributed by atoms with van der Waals surface area (Å²) < 4.78 is 35.2. The van der Waals surface area contributed by atoms with Crippen molar-refractivity contribution < 1.29 is 28.1 Å². The van der Waals surface area contributed by atoms with Crippen molar-refractivity contribution in [3.8, 4) is 33.8 Å². The fourth-order valence-corrected chi connectivity index (χ4v) is 2.83. The molecule has 0 atom stereocenters. The van der Waals surface area contributed by atoms with Gasteiger partial charge in [0.25, 0.3) is 0 Å². The van der Waals surface area contributed by atoms with Crippen LogP contribution in [-0.4, -0.2) is 13.1 Å². The highest BCUT2D eigenvalue weighted by Crippen LogP contribution is 2.30. The summed E-state index contributed by atoms with van der Waals surface area (Å²) in [7, 11) is 1.53. The zero-order valence-corrected chi connectivity index (χ0v) is 18.3. The minimum absolute atomic E-state index is 0.295. The molecule has 0 amide bonds. The minimum Gasteiger partial charge on any atom is -0.501 e. The Morgan fingerprint density at radius 2 is 1.33 bits per heavy atom. The Balaban J connectivity index is 1.66. The molecule has 3 aromatic carbocycles. The molecule has 3 aromatic rings. The Morgan fingerprint density at radius 1 is 0.788 bits per heavy atom. The van der Waals surface area contributed by atoms with Gasteiger partial charge in [0.1, 0.15) is 42.4 Å². The van der Waals surface area contributed by atoms with Gasteiger partial charge < -0.3 is 18.9 Å². The van der Waals surface area contributed by atoms with Gasteiger partial charge in [-0.15, -0.1) is 0 Å². The Hall–Kier alpha value is -4.32. The smallest absolute Gasteiger partial charge is 0.338 e. The van der Waals surface area contributed by atoms with Gasteiger partial charge >= 0.3 is 5.97 Å². The van der Waals surface area contributed by atoms with Crippen LogP contribution < -0.4 is 9.47 Å². The molecule has 0 radical (unpaired) electrons. The maximum absolute atomic E-state index is 14.8.